The lowest BCUT2D eigenvalue weighted by molar-refractivity contribution is -0.383. The molecule has 2 aromatic heterocycles. The van der Waals surface area contributed by atoms with Crippen molar-refractivity contribution in [2.75, 3.05) is 6.61 Å². The molecule has 4 aromatic rings. The molecule has 4 rings (SSSR count). The highest BCUT2D eigenvalue weighted by Crippen LogP contribution is 2.27. The molecule has 194 valence electrons. The summed E-state index contributed by atoms with van der Waals surface area (Å²) in [5.41, 5.74) is 3.40. The van der Waals surface area contributed by atoms with Crippen molar-refractivity contribution in [1.29, 1.82) is 5.26 Å². The van der Waals surface area contributed by atoms with E-state index in [9.17, 15) is 25.3 Å². The van der Waals surface area contributed by atoms with Crippen LogP contribution in [-0.4, -0.2) is 37.9 Å². The zero-order chi connectivity index (χ0) is 27.2. The standard InChI is InChI=1S/C29H28N4O5/c1-19(2)38-28-10-9-23(16-24(28)17-30)27(35)15-21(11-13-34)14-20-5-7-22(8-6-20)25-18-32-12-3-4-26(33(36)37)29(32)31-25/h3-10,12,16,18-19,21,34H,11,13-15H2,1-2H3/t21-/m1/s1. The molecule has 0 saturated carbocycles. The first kappa shape index (κ1) is 26.5. The topological polar surface area (TPSA) is 131 Å². The highest BCUT2D eigenvalue weighted by Gasteiger charge is 2.19. The van der Waals surface area contributed by atoms with Gasteiger partial charge in [-0.2, -0.15) is 5.26 Å². The summed E-state index contributed by atoms with van der Waals surface area (Å²) < 4.78 is 7.27. The van der Waals surface area contributed by atoms with Crippen LogP contribution in [-0.2, 0) is 6.42 Å². The van der Waals surface area contributed by atoms with E-state index in [1.165, 1.54) is 6.07 Å². The minimum Gasteiger partial charge on any atom is -0.490 e. The fourth-order valence-electron chi connectivity index (χ4n) is 4.41. The smallest absolute Gasteiger partial charge is 0.312 e. The van der Waals surface area contributed by atoms with Crippen LogP contribution in [0.4, 0.5) is 5.69 Å². The van der Waals surface area contributed by atoms with Crippen LogP contribution in [0.25, 0.3) is 16.9 Å². The molecule has 9 heteroatoms. The number of ether oxygens (including phenoxy) is 1. The summed E-state index contributed by atoms with van der Waals surface area (Å²) in [5.74, 6) is 0.263. The molecule has 38 heavy (non-hydrogen) atoms. The van der Waals surface area contributed by atoms with Gasteiger partial charge >= 0.3 is 5.69 Å². The number of Topliss-reactive ketones (excluding diaryl/α,β-unsaturated/α-hetero) is 1. The Morgan fingerprint density at radius 2 is 1.97 bits per heavy atom. The molecule has 0 amide bonds. The van der Waals surface area contributed by atoms with E-state index in [0.717, 1.165) is 11.1 Å². The number of imidazole rings is 1. The third kappa shape index (κ3) is 6.05. The molecular formula is C29H28N4O5. The molecule has 1 N–H and O–H groups in total. The number of aliphatic hydroxyl groups is 1. The largest absolute Gasteiger partial charge is 0.490 e. The van der Waals surface area contributed by atoms with E-state index in [2.05, 4.69) is 11.1 Å². The average molecular weight is 513 g/mol. The van der Waals surface area contributed by atoms with Gasteiger partial charge in [-0.15, -0.1) is 0 Å². The minimum atomic E-state index is -0.452. The summed E-state index contributed by atoms with van der Waals surface area (Å²) in [4.78, 5) is 28.3. The molecule has 0 spiro atoms. The van der Waals surface area contributed by atoms with E-state index in [1.807, 2.05) is 38.1 Å². The van der Waals surface area contributed by atoms with Gasteiger partial charge in [0.1, 0.15) is 11.8 Å². The number of aromatic nitrogens is 2. The summed E-state index contributed by atoms with van der Waals surface area (Å²) >= 11 is 0. The quantitative estimate of drug-likeness (QED) is 0.162. The van der Waals surface area contributed by atoms with Gasteiger partial charge in [-0.3, -0.25) is 14.9 Å². The van der Waals surface area contributed by atoms with E-state index >= 15 is 0 Å². The number of benzene rings is 2. The van der Waals surface area contributed by atoms with Gasteiger partial charge in [0, 0.05) is 42.6 Å². The molecule has 9 nitrogen and oxygen atoms in total. The number of nitrogens with zero attached hydrogens (tertiary/aromatic N) is 4. The second kappa shape index (κ2) is 11.7. The Bertz CT molecular complexity index is 1500. The van der Waals surface area contributed by atoms with E-state index in [4.69, 9.17) is 4.74 Å². The number of nitriles is 1. The zero-order valence-electron chi connectivity index (χ0n) is 21.2. The second-order valence-electron chi connectivity index (χ2n) is 9.40. The maximum absolute atomic E-state index is 13.0. The Hall–Kier alpha value is -4.55. The molecular weight excluding hydrogens is 484 g/mol. The van der Waals surface area contributed by atoms with Crippen LogP contribution in [0.15, 0.2) is 67.0 Å². The van der Waals surface area contributed by atoms with Crippen molar-refractivity contribution >= 4 is 17.1 Å². The lowest BCUT2D eigenvalue weighted by atomic mass is 9.89. The number of ketones is 1. The van der Waals surface area contributed by atoms with E-state index in [0.29, 0.717) is 35.4 Å². The monoisotopic (exact) mass is 512 g/mol. The van der Waals surface area contributed by atoms with Gasteiger partial charge in [-0.1, -0.05) is 24.3 Å². The van der Waals surface area contributed by atoms with Crippen molar-refractivity contribution in [3.63, 3.8) is 0 Å². The molecule has 0 fully saturated rings. The molecule has 2 aromatic carbocycles. The summed E-state index contributed by atoms with van der Waals surface area (Å²) in [6, 6.07) is 17.7. The summed E-state index contributed by atoms with van der Waals surface area (Å²) in [7, 11) is 0. The predicted molar refractivity (Wildman–Crippen MR) is 142 cm³/mol. The Kier molecular flexibility index (Phi) is 8.14. The Morgan fingerprint density at radius 3 is 2.63 bits per heavy atom. The van der Waals surface area contributed by atoms with E-state index in [1.54, 1.807) is 41.1 Å². The third-order valence-electron chi connectivity index (χ3n) is 6.23. The first-order valence-electron chi connectivity index (χ1n) is 12.3. The minimum absolute atomic E-state index is 0.0410. The molecule has 0 bridgehead atoms. The van der Waals surface area contributed by atoms with Crippen molar-refractivity contribution in [1.82, 2.24) is 9.38 Å². The maximum Gasteiger partial charge on any atom is 0.312 e. The van der Waals surface area contributed by atoms with Gasteiger partial charge < -0.3 is 14.2 Å². The fourth-order valence-corrected chi connectivity index (χ4v) is 4.41. The van der Waals surface area contributed by atoms with Crippen molar-refractivity contribution in [2.45, 2.75) is 39.2 Å². The lowest BCUT2D eigenvalue weighted by Gasteiger charge is -2.16. The van der Waals surface area contributed by atoms with Crippen LogP contribution in [0, 0.1) is 27.4 Å². The predicted octanol–water partition coefficient (Wildman–Crippen LogP) is 5.38. The molecule has 0 aliphatic carbocycles. The van der Waals surface area contributed by atoms with Crippen LogP contribution >= 0.6 is 0 Å². The fraction of sp³-hybridized carbons (Fsp3) is 0.276. The first-order chi connectivity index (χ1) is 18.3. The van der Waals surface area contributed by atoms with Gasteiger partial charge in [-0.25, -0.2) is 4.98 Å². The normalized spacial score (nSPS) is 11.9. The Morgan fingerprint density at radius 1 is 1.21 bits per heavy atom. The number of aliphatic hydroxyl groups excluding tert-OH is 1. The summed E-state index contributed by atoms with van der Waals surface area (Å²) in [6.45, 7) is 3.70. The summed E-state index contributed by atoms with van der Waals surface area (Å²) in [6.07, 6.45) is 4.65. The van der Waals surface area contributed by atoms with E-state index < -0.39 is 4.92 Å². The average Bonchev–Trinajstić information content (AvgIpc) is 3.33. The van der Waals surface area contributed by atoms with Gasteiger partial charge in [-0.05, 0) is 62.4 Å². The molecule has 0 saturated heterocycles. The second-order valence-corrected chi connectivity index (χ2v) is 9.40. The van der Waals surface area contributed by atoms with Gasteiger partial charge in [0.15, 0.2) is 5.78 Å². The number of carbonyl (C=O) groups excluding carboxylic acids is 1. The number of rotatable bonds is 11. The highest BCUT2D eigenvalue weighted by molar-refractivity contribution is 5.96. The molecule has 0 aliphatic rings. The van der Waals surface area contributed by atoms with Crippen LogP contribution in [0.2, 0.25) is 0 Å². The van der Waals surface area contributed by atoms with Crippen molar-refractivity contribution in [2.24, 2.45) is 5.92 Å². The number of hydrogen-bond acceptors (Lipinski definition) is 7. The highest BCUT2D eigenvalue weighted by atomic mass is 16.6. The lowest BCUT2D eigenvalue weighted by Crippen LogP contribution is -2.14. The number of carbonyl (C=O) groups is 1. The van der Waals surface area contributed by atoms with Crippen LogP contribution < -0.4 is 4.74 Å². The van der Waals surface area contributed by atoms with E-state index in [-0.39, 0.29) is 42.2 Å². The number of nitro groups is 1. The number of pyridine rings is 1. The third-order valence-corrected chi connectivity index (χ3v) is 6.23. The zero-order valence-corrected chi connectivity index (χ0v) is 21.2. The van der Waals surface area contributed by atoms with Gasteiger partial charge in [0.05, 0.1) is 22.3 Å². The van der Waals surface area contributed by atoms with Crippen LogP contribution in [0.3, 0.4) is 0 Å². The number of hydrogen-bond donors (Lipinski definition) is 1. The van der Waals surface area contributed by atoms with Crippen molar-refractivity contribution in [3.8, 4) is 23.1 Å². The molecule has 0 unspecified atom stereocenters. The number of fused-ring (bicyclic) bond motifs is 1. The maximum atomic E-state index is 13.0. The van der Waals surface area contributed by atoms with Crippen LogP contribution in [0.1, 0.15) is 48.2 Å². The van der Waals surface area contributed by atoms with Gasteiger partial charge in [0.2, 0.25) is 5.65 Å². The molecule has 0 radical (unpaired) electrons. The molecule has 2 heterocycles. The van der Waals surface area contributed by atoms with Crippen LogP contribution in [0.5, 0.6) is 5.75 Å². The van der Waals surface area contributed by atoms with Crippen molar-refractivity contribution in [3.05, 3.63) is 93.8 Å². The SMILES string of the molecule is CC(C)Oc1ccc(C(=O)C[C@H](CCO)Cc2ccc(-c3cn4cccc([N+](=O)[O-])c4n3)cc2)cc1C#N. The van der Waals surface area contributed by atoms with Gasteiger partial charge in [0.25, 0.3) is 0 Å². The summed E-state index contributed by atoms with van der Waals surface area (Å²) in [5, 5.41) is 30.4. The molecule has 1 atom stereocenters. The van der Waals surface area contributed by atoms with Crippen molar-refractivity contribution < 1.29 is 19.6 Å². The first-order valence-corrected chi connectivity index (χ1v) is 12.3. The Balaban J connectivity index is 1.48. The molecule has 0 aliphatic heterocycles. The Labute approximate surface area is 220 Å².